The number of benzene rings is 2. The predicted octanol–water partition coefficient (Wildman–Crippen LogP) is 5.18. The largest absolute Gasteiger partial charge is 0.507 e. The van der Waals surface area contributed by atoms with Crippen LogP contribution in [-0.2, 0) is 14.3 Å². The standard InChI is InChI=1S/C29H41N3O6/c1-9-32(27(35)23(17-18(2)3)31-28(36)38-29(5,6)7)24(22-12-10-11-19(4)25(22)33)26(34)30-20-13-15-21(37-8)16-14-20/h10-16,18,23-24,33H,9,17H2,1-8H3,(H,30,34)(H,31,36). The number of hydrogen-bond acceptors (Lipinski definition) is 6. The number of carbonyl (C=O) groups is 3. The van der Waals surface area contributed by atoms with Crippen molar-refractivity contribution in [2.24, 2.45) is 5.92 Å². The van der Waals surface area contributed by atoms with E-state index in [9.17, 15) is 19.5 Å². The van der Waals surface area contributed by atoms with Crippen LogP contribution >= 0.6 is 0 Å². The van der Waals surface area contributed by atoms with Gasteiger partial charge in [-0.15, -0.1) is 0 Å². The fourth-order valence-electron chi connectivity index (χ4n) is 4.05. The van der Waals surface area contributed by atoms with E-state index in [1.807, 2.05) is 13.8 Å². The molecule has 0 radical (unpaired) electrons. The number of aromatic hydroxyl groups is 1. The molecule has 2 atom stereocenters. The first-order valence-corrected chi connectivity index (χ1v) is 12.8. The van der Waals surface area contributed by atoms with E-state index in [1.54, 1.807) is 84.2 Å². The van der Waals surface area contributed by atoms with Gasteiger partial charge in [-0.3, -0.25) is 9.59 Å². The van der Waals surface area contributed by atoms with Gasteiger partial charge in [-0.1, -0.05) is 32.0 Å². The molecule has 3 N–H and O–H groups in total. The molecule has 0 bridgehead atoms. The number of anilines is 1. The van der Waals surface area contributed by atoms with Crippen LogP contribution in [0.2, 0.25) is 0 Å². The number of nitrogens with one attached hydrogen (secondary N) is 2. The van der Waals surface area contributed by atoms with Crippen LogP contribution in [0.15, 0.2) is 42.5 Å². The molecule has 2 rings (SSSR count). The Morgan fingerprint density at radius 1 is 1.05 bits per heavy atom. The van der Waals surface area contributed by atoms with Gasteiger partial charge in [0.1, 0.15) is 29.2 Å². The molecule has 38 heavy (non-hydrogen) atoms. The molecule has 2 aromatic rings. The van der Waals surface area contributed by atoms with E-state index >= 15 is 0 Å². The first-order valence-electron chi connectivity index (χ1n) is 12.8. The van der Waals surface area contributed by atoms with E-state index in [2.05, 4.69) is 10.6 Å². The third kappa shape index (κ3) is 8.39. The van der Waals surface area contributed by atoms with Gasteiger partial charge in [0.25, 0.3) is 5.91 Å². The quantitative estimate of drug-likeness (QED) is 0.392. The lowest BCUT2D eigenvalue weighted by Gasteiger charge is -2.34. The minimum atomic E-state index is -1.16. The monoisotopic (exact) mass is 527 g/mol. The number of alkyl carbamates (subject to hydrolysis) is 1. The Labute approximate surface area is 225 Å². The van der Waals surface area contributed by atoms with Crippen LogP contribution in [0.3, 0.4) is 0 Å². The molecule has 0 aliphatic heterocycles. The predicted molar refractivity (Wildman–Crippen MR) is 147 cm³/mol. The Kier molecular flexibility index (Phi) is 10.6. The zero-order valence-corrected chi connectivity index (χ0v) is 23.6. The van der Waals surface area contributed by atoms with Crippen LogP contribution in [0.4, 0.5) is 10.5 Å². The summed E-state index contributed by atoms with van der Waals surface area (Å²) in [6.07, 6.45) is -0.383. The lowest BCUT2D eigenvalue weighted by Crippen LogP contribution is -2.52. The summed E-state index contributed by atoms with van der Waals surface area (Å²) in [5, 5.41) is 16.5. The Balaban J connectivity index is 2.49. The van der Waals surface area contributed by atoms with Crippen LogP contribution in [0.1, 0.15) is 65.1 Å². The van der Waals surface area contributed by atoms with Gasteiger partial charge in [0.05, 0.1) is 7.11 Å². The van der Waals surface area contributed by atoms with Crippen molar-refractivity contribution >= 4 is 23.6 Å². The maximum Gasteiger partial charge on any atom is 0.408 e. The second-order valence-electron chi connectivity index (χ2n) is 10.6. The molecule has 0 saturated carbocycles. The normalized spacial score (nSPS) is 12.9. The van der Waals surface area contributed by atoms with E-state index in [0.29, 0.717) is 23.4 Å². The fraction of sp³-hybridized carbons (Fsp3) is 0.483. The first kappa shape index (κ1) is 30.5. The molecule has 9 heteroatoms. The van der Waals surface area contributed by atoms with Gasteiger partial charge in [-0.2, -0.15) is 0 Å². The van der Waals surface area contributed by atoms with Gasteiger partial charge in [-0.25, -0.2) is 4.79 Å². The molecule has 0 spiro atoms. The van der Waals surface area contributed by atoms with Gasteiger partial charge in [0.2, 0.25) is 5.91 Å². The number of ether oxygens (including phenoxy) is 2. The molecular weight excluding hydrogens is 486 g/mol. The molecule has 0 fully saturated rings. The van der Waals surface area contributed by atoms with Crippen LogP contribution in [-0.4, -0.2) is 53.2 Å². The fourth-order valence-corrected chi connectivity index (χ4v) is 4.05. The Bertz CT molecular complexity index is 1110. The molecule has 3 amide bonds. The molecular formula is C29H41N3O6. The van der Waals surface area contributed by atoms with Crippen molar-refractivity contribution < 1.29 is 29.0 Å². The Morgan fingerprint density at radius 3 is 2.21 bits per heavy atom. The summed E-state index contributed by atoms with van der Waals surface area (Å²) in [5.74, 6) is -0.341. The molecule has 2 aromatic carbocycles. The maximum atomic E-state index is 13.9. The topological polar surface area (TPSA) is 117 Å². The van der Waals surface area contributed by atoms with Gasteiger partial charge in [0.15, 0.2) is 0 Å². The van der Waals surface area contributed by atoms with Gasteiger partial charge in [0, 0.05) is 17.8 Å². The number of para-hydroxylation sites is 1. The molecule has 0 aromatic heterocycles. The summed E-state index contributed by atoms with van der Waals surface area (Å²) in [6.45, 7) is 12.7. The number of nitrogens with zero attached hydrogens (tertiary/aromatic N) is 1. The highest BCUT2D eigenvalue weighted by Gasteiger charge is 2.37. The first-order chi connectivity index (χ1) is 17.8. The van der Waals surface area contributed by atoms with E-state index in [1.165, 1.54) is 4.90 Å². The third-order valence-electron chi connectivity index (χ3n) is 5.80. The van der Waals surface area contributed by atoms with E-state index < -0.39 is 35.6 Å². The lowest BCUT2D eigenvalue weighted by atomic mass is 9.97. The summed E-state index contributed by atoms with van der Waals surface area (Å²) in [5.41, 5.74) is 0.612. The van der Waals surface area contributed by atoms with Crippen LogP contribution in [0.5, 0.6) is 11.5 Å². The lowest BCUT2D eigenvalue weighted by molar-refractivity contribution is -0.140. The Morgan fingerprint density at radius 2 is 1.68 bits per heavy atom. The summed E-state index contributed by atoms with van der Waals surface area (Å²) >= 11 is 0. The maximum absolute atomic E-state index is 13.9. The highest BCUT2D eigenvalue weighted by Crippen LogP contribution is 2.33. The van der Waals surface area contributed by atoms with Gasteiger partial charge >= 0.3 is 6.09 Å². The number of phenols is 1. The van der Waals surface area contributed by atoms with E-state index in [-0.39, 0.29) is 23.8 Å². The van der Waals surface area contributed by atoms with E-state index in [4.69, 9.17) is 9.47 Å². The molecule has 0 aliphatic carbocycles. The average molecular weight is 528 g/mol. The SMILES string of the molecule is CCN(C(=O)C(CC(C)C)NC(=O)OC(C)(C)C)C(C(=O)Nc1ccc(OC)cc1)c1cccc(C)c1O. The number of likely N-dealkylation sites (N-methyl/N-ethyl adjacent to an activating group) is 1. The van der Waals surface area contributed by atoms with Crippen molar-refractivity contribution in [3.63, 3.8) is 0 Å². The van der Waals surface area contributed by atoms with Crippen LogP contribution in [0.25, 0.3) is 0 Å². The Hall–Kier alpha value is -3.75. The molecule has 0 heterocycles. The zero-order chi connectivity index (χ0) is 28.6. The zero-order valence-electron chi connectivity index (χ0n) is 23.6. The van der Waals surface area contributed by atoms with E-state index in [0.717, 1.165) is 0 Å². The van der Waals surface area contributed by atoms with Crippen molar-refractivity contribution in [3.8, 4) is 11.5 Å². The van der Waals surface area contributed by atoms with Crippen molar-refractivity contribution in [1.29, 1.82) is 0 Å². The smallest absolute Gasteiger partial charge is 0.408 e. The molecule has 208 valence electrons. The highest BCUT2D eigenvalue weighted by atomic mass is 16.6. The molecule has 0 saturated heterocycles. The number of carbonyl (C=O) groups excluding carboxylic acids is 3. The number of phenolic OH excluding ortho intramolecular Hbond substituents is 1. The number of hydrogen-bond donors (Lipinski definition) is 3. The van der Waals surface area contributed by atoms with Crippen molar-refractivity contribution in [1.82, 2.24) is 10.2 Å². The van der Waals surface area contributed by atoms with Gasteiger partial charge < -0.3 is 30.1 Å². The highest BCUT2D eigenvalue weighted by molar-refractivity contribution is 5.99. The van der Waals surface area contributed by atoms with Gasteiger partial charge in [-0.05, 0) is 76.8 Å². The molecule has 9 nitrogen and oxygen atoms in total. The second kappa shape index (κ2) is 13.2. The minimum Gasteiger partial charge on any atom is -0.507 e. The number of methoxy groups -OCH3 is 1. The van der Waals surface area contributed by atoms with Crippen molar-refractivity contribution in [3.05, 3.63) is 53.6 Å². The van der Waals surface area contributed by atoms with Crippen LogP contribution < -0.4 is 15.4 Å². The summed E-state index contributed by atoms with van der Waals surface area (Å²) in [4.78, 5) is 41.6. The van der Waals surface area contributed by atoms with Crippen molar-refractivity contribution in [2.45, 2.75) is 72.6 Å². The molecule has 2 unspecified atom stereocenters. The minimum absolute atomic E-state index is 0.0662. The van der Waals surface area contributed by atoms with Crippen LogP contribution in [0, 0.1) is 12.8 Å². The second-order valence-corrected chi connectivity index (χ2v) is 10.6. The molecule has 0 aliphatic rings. The average Bonchev–Trinajstić information content (AvgIpc) is 2.82. The number of rotatable bonds is 10. The number of amides is 3. The summed E-state index contributed by atoms with van der Waals surface area (Å²) < 4.78 is 10.6. The summed E-state index contributed by atoms with van der Waals surface area (Å²) in [7, 11) is 1.55. The van der Waals surface area contributed by atoms with Crippen molar-refractivity contribution in [2.75, 3.05) is 19.0 Å². The number of aryl methyl sites for hydroxylation is 1. The third-order valence-corrected chi connectivity index (χ3v) is 5.80. The summed E-state index contributed by atoms with van der Waals surface area (Å²) in [6, 6.07) is 9.76.